The third-order valence-corrected chi connectivity index (χ3v) is 3.93. The number of amides is 1. The third-order valence-electron chi connectivity index (χ3n) is 3.93. The summed E-state index contributed by atoms with van der Waals surface area (Å²) in [6.45, 7) is 4.09. The molecule has 17 heavy (non-hydrogen) atoms. The van der Waals surface area contributed by atoms with Gasteiger partial charge in [-0.15, -0.1) is 0 Å². The SMILES string of the molecule is CC[C@H](C)[C@H](N)C(=O)NCC1(C(=O)O)CCC1. The van der Waals surface area contributed by atoms with Crippen LogP contribution in [0.2, 0.25) is 0 Å². The second-order valence-electron chi connectivity index (χ2n) is 5.07. The summed E-state index contributed by atoms with van der Waals surface area (Å²) >= 11 is 0. The van der Waals surface area contributed by atoms with Crippen LogP contribution in [0.4, 0.5) is 0 Å². The van der Waals surface area contributed by atoms with E-state index >= 15 is 0 Å². The topological polar surface area (TPSA) is 92.4 Å². The number of nitrogens with two attached hydrogens (primary N) is 1. The van der Waals surface area contributed by atoms with Gasteiger partial charge in [-0.3, -0.25) is 9.59 Å². The van der Waals surface area contributed by atoms with Crippen LogP contribution >= 0.6 is 0 Å². The summed E-state index contributed by atoms with van der Waals surface area (Å²) in [5.41, 5.74) is 5.03. The maximum atomic E-state index is 11.7. The molecular weight excluding hydrogens is 220 g/mol. The molecule has 0 bridgehead atoms. The highest BCUT2D eigenvalue weighted by molar-refractivity contribution is 5.83. The van der Waals surface area contributed by atoms with Gasteiger partial charge in [0.25, 0.3) is 0 Å². The zero-order valence-electron chi connectivity index (χ0n) is 10.5. The van der Waals surface area contributed by atoms with E-state index in [1.807, 2.05) is 13.8 Å². The summed E-state index contributed by atoms with van der Waals surface area (Å²) in [5.74, 6) is -0.954. The largest absolute Gasteiger partial charge is 0.481 e. The fourth-order valence-corrected chi connectivity index (χ4v) is 1.96. The van der Waals surface area contributed by atoms with Gasteiger partial charge in [-0.05, 0) is 18.8 Å². The number of hydrogen-bond acceptors (Lipinski definition) is 3. The number of hydrogen-bond donors (Lipinski definition) is 3. The molecule has 2 atom stereocenters. The maximum Gasteiger partial charge on any atom is 0.311 e. The molecule has 0 saturated heterocycles. The van der Waals surface area contributed by atoms with Crippen LogP contribution in [0.5, 0.6) is 0 Å². The van der Waals surface area contributed by atoms with Gasteiger partial charge in [0.1, 0.15) is 0 Å². The lowest BCUT2D eigenvalue weighted by Crippen LogP contribution is -2.52. The van der Waals surface area contributed by atoms with Crippen LogP contribution in [0, 0.1) is 11.3 Å². The monoisotopic (exact) mass is 242 g/mol. The minimum absolute atomic E-state index is 0.108. The van der Waals surface area contributed by atoms with Crippen molar-refractivity contribution in [2.45, 2.75) is 45.6 Å². The lowest BCUT2D eigenvalue weighted by molar-refractivity contribution is -0.154. The molecule has 1 rings (SSSR count). The van der Waals surface area contributed by atoms with E-state index < -0.39 is 17.4 Å². The van der Waals surface area contributed by atoms with Crippen LogP contribution < -0.4 is 11.1 Å². The first-order valence-corrected chi connectivity index (χ1v) is 6.19. The highest BCUT2D eigenvalue weighted by Crippen LogP contribution is 2.40. The Kier molecular flexibility index (Phi) is 4.51. The number of carboxylic acids is 1. The van der Waals surface area contributed by atoms with Gasteiger partial charge in [0.15, 0.2) is 0 Å². The summed E-state index contributed by atoms with van der Waals surface area (Å²) in [5, 5.41) is 11.8. The molecule has 1 saturated carbocycles. The van der Waals surface area contributed by atoms with Crippen LogP contribution in [-0.2, 0) is 9.59 Å². The predicted octanol–water partition coefficient (Wildman–Crippen LogP) is 0.731. The molecule has 0 aromatic rings. The highest BCUT2D eigenvalue weighted by Gasteiger charge is 2.44. The van der Waals surface area contributed by atoms with Gasteiger partial charge in [-0.2, -0.15) is 0 Å². The van der Waals surface area contributed by atoms with Crippen LogP contribution in [-0.4, -0.2) is 29.6 Å². The molecule has 0 aromatic heterocycles. The van der Waals surface area contributed by atoms with Crippen molar-refractivity contribution >= 4 is 11.9 Å². The second kappa shape index (κ2) is 5.49. The van der Waals surface area contributed by atoms with Crippen molar-refractivity contribution in [3.63, 3.8) is 0 Å². The van der Waals surface area contributed by atoms with Crippen molar-refractivity contribution in [3.05, 3.63) is 0 Å². The van der Waals surface area contributed by atoms with Gasteiger partial charge in [-0.1, -0.05) is 26.7 Å². The van der Waals surface area contributed by atoms with Gasteiger partial charge in [0.2, 0.25) is 5.91 Å². The Morgan fingerprint density at radius 2 is 2.06 bits per heavy atom. The molecule has 1 amide bonds. The van der Waals surface area contributed by atoms with Crippen molar-refractivity contribution in [1.82, 2.24) is 5.32 Å². The average molecular weight is 242 g/mol. The number of carbonyl (C=O) groups excluding carboxylic acids is 1. The molecule has 0 spiro atoms. The first-order chi connectivity index (χ1) is 7.93. The van der Waals surface area contributed by atoms with E-state index in [2.05, 4.69) is 5.32 Å². The van der Waals surface area contributed by atoms with E-state index in [0.717, 1.165) is 12.8 Å². The molecule has 98 valence electrons. The first kappa shape index (κ1) is 14.0. The predicted molar refractivity (Wildman–Crippen MR) is 64.4 cm³/mol. The number of rotatable bonds is 6. The van der Waals surface area contributed by atoms with Crippen LogP contribution in [0.15, 0.2) is 0 Å². The average Bonchev–Trinajstić information content (AvgIpc) is 2.24. The van der Waals surface area contributed by atoms with E-state index in [1.54, 1.807) is 0 Å². The summed E-state index contributed by atoms with van der Waals surface area (Å²) in [6.07, 6.45) is 3.03. The summed E-state index contributed by atoms with van der Waals surface area (Å²) < 4.78 is 0. The Morgan fingerprint density at radius 1 is 1.47 bits per heavy atom. The minimum Gasteiger partial charge on any atom is -0.481 e. The fourth-order valence-electron chi connectivity index (χ4n) is 1.96. The van der Waals surface area contributed by atoms with Gasteiger partial charge < -0.3 is 16.2 Å². The molecule has 1 aliphatic rings. The van der Waals surface area contributed by atoms with Crippen LogP contribution in [0.1, 0.15) is 39.5 Å². The lowest BCUT2D eigenvalue weighted by atomic mass is 9.68. The zero-order valence-corrected chi connectivity index (χ0v) is 10.5. The van der Waals surface area contributed by atoms with E-state index in [1.165, 1.54) is 0 Å². The molecule has 5 nitrogen and oxygen atoms in total. The van der Waals surface area contributed by atoms with E-state index in [-0.39, 0.29) is 18.4 Å². The minimum atomic E-state index is -0.818. The Morgan fingerprint density at radius 3 is 2.41 bits per heavy atom. The van der Waals surface area contributed by atoms with Crippen molar-refractivity contribution in [1.29, 1.82) is 0 Å². The Labute approximate surface area is 102 Å². The molecule has 0 aromatic carbocycles. The van der Waals surface area contributed by atoms with Crippen molar-refractivity contribution < 1.29 is 14.7 Å². The van der Waals surface area contributed by atoms with E-state index in [9.17, 15) is 9.59 Å². The highest BCUT2D eigenvalue weighted by atomic mass is 16.4. The number of aliphatic carboxylic acids is 1. The Bertz CT molecular complexity index is 300. The van der Waals surface area contributed by atoms with Gasteiger partial charge in [0.05, 0.1) is 11.5 Å². The number of carbonyl (C=O) groups is 2. The van der Waals surface area contributed by atoms with Gasteiger partial charge >= 0.3 is 5.97 Å². The Balaban J connectivity index is 2.45. The summed E-state index contributed by atoms with van der Waals surface area (Å²) in [7, 11) is 0. The van der Waals surface area contributed by atoms with Crippen molar-refractivity contribution in [3.8, 4) is 0 Å². The molecule has 0 unspecified atom stereocenters. The van der Waals surface area contributed by atoms with Gasteiger partial charge in [-0.25, -0.2) is 0 Å². The maximum absolute atomic E-state index is 11.7. The second-order valence-corrected chi connectivity index (χ2v) is 5.07. The molecule has 1 aliphatic carbocycles. The molecular formula is C12H22N2O3. The molecule has 5 heteroatoms. The standard InChI is InChI=1S/C12H22N2O3/c1-3-8(2)9(13)10(15)14-7-12(11(16)17)5-4-6-12/h8-9H,3-7,13H2,1-2H3,(H,14,15)(H,16,17)/t8-,9-/m0/s1. The fraction of sp³-hybridized carbons (Fsp3) is 0.833. The summed E-state index contributed by atoms with van der Waals surface area (Å²) in [6, 6.07) is -0.550. The molecule has 4 N–H and O–H groups in total. The van der Waals surface area contributed by atoms with E-state index in [4.69, 9.17) is 10.8 Å². The number of nitrogens with one attached hydrogen (secondary N) is 1. The zero-order chi connectivity index (χ0) is 13.1. The van der Waals surface area contributed by atoms with Crippen molar-refractivity contribution in [2.24, 2.45) is 17.1 Å². The van der Waals surface area contributed by atoms with Crippen LogP contribution in [0.25, 0.3) is 0 Å². The normalized spacial score (nSPS) is 21.1. The Hall–Kier alpha value is -1.10. The molecule has 0 aliphatic heterocycles. The smallest absolute Gasteiger partial charge is 0.311 e. The first-order valence-electron chi connectivity index (χ1n) is 6.19. The van der Waals surface area contributed by atoms with Gasteiger partial charge in [0, 0.05) is 6.54 Å². The van der Waals surface area contributed by atoms with Crippen molar-refractivity contribution in [2.75, 3.05) is 6.54 Å². The summed E-state index contributed by atoms with van der Waals surface area (Å²) in [4.78, 5) is 22.8. The molecule has 1 fully saturated rings. The number of carboxylic acid groups (broad SMARTS) is 1. The third kappa shape index (κ3) is 2.97. The van der Waals surface area contributed by atoms with E-state index in [0.29, 0.717) is 12.8 Å². The lowest BCUT2D eigenvalue weighted by Gasteiger charge is -2.37. The van der Waals surface area contributed by atoms with Crippen LogP contribution in [0.3, 0.4) is 0 Å². The quantitative estimate of drug-likeness (QED) is 0.640. The molecule has 0 radical (unpaired) electrons. The molecule has 0 heterocycles.